The molecular weight excluding hydrogens is 308 g/mol. The van der Waals surface area contributed by atoms with Crippen LogP contribution in [0.5, 0.6) is 5.75 Å². The molecule has 0 atom stereocenters. The third-order valence-electron chi connectivity index (χ3n) is 3.28. The van der Waals surface area contributed by atoms with Crippen molar-refractivity contribution in [1.29, 1.82) is 0 Å². The number of carbonyl (C=O) groups is 2. The first-order chi connectivity index (χ1) is 11.6. The first-order valence-corrected chi connectivity index (χ1v) is 7.67. The maximum atomic E-state index is 11.9. The number of carboxylic acid groups (broad SMARTS) is 1. The van der Waals surface area contributed by atoms with E-state index < -0.39 is 6.09 Å². The van der Waals surface area contributed by atoms with Gasteiger partial charge in [-0.25, -0.2) is 4.79 Å². The van der Waals surface area contributed by atoms with Crippen molar-refractivity contribution in [1.82, 2.24) is 10.6 Å². The van der Waals surface area contributed by atoms with E-state index in [2.05, 4.69) is 10.6 Å². The number of nitrogens with one attached hydrogen (secondary N) is 2. The summed E-state index contributed by atoms with van der Waals surface area (Å²) >= 11 is 0. The predicted octanol–water partition coefficient (Wildman–Crippen LogP) is 2.65. The lowest BCUT2D eigenvalue weighted by Crippen LogP contribution is -2.29. The first-order valence-electron chi connectivity index (χ1n) is 7.67. The van der Waals surface area contributed by atoms with Crippen LogP contribution < -0.4 is 15.4 Å². The van der Waals surface area contributed by atoms with Crippen LogP contribution in [0.2, 0.25) is 0 Å². The highest BCUT2D eigenvalue weighted by Crippen LogP contribution is 2.14. The molecule has 0 spiro atoms. The molecule has 0 aliphatic carbocycles. The molecule has 2 aromatic rings. The van der Waals surface area contributed by atoms with E-state index in [1.165, 1.54) is 0 Å². The minimum absolute atomic E-state index is 0.195. The molecule has 24 heavy (non-hydrogen) atoms. The molecule has 0 unspecified atom stereocenters. The van der Waals surface area contributed by atoms with Crippen LogP contribution in [0.15, 0.2) is 54.6 Å². The zero-order valence-corrected chi connectivity index (χ0v) is 13.2. The molecule has 0 saturated heterocycles. The van der Waals surface area contributed by atoms with Crippen molar-refractivity contribution in [3.63, 3.8) is 0 Å². The molecule has 0 aromatic heterocycles. The van der Waals surface area contributed by atoms with Crippen LogP contribution in [-0.2, 0) is 6.61 Å². The third kappa shape index (κ3) is 6.00. The molecular formula is C18H20N2O4. The van der Waals surface area contributed by atoms with Crippen molar-refractivity contribution in [3.05, 3.63) is 65.7 Å². The topological polar surface area (TPSA) is 87.7 Å². The molecule has 6 heteroatoms. The Hall–Kier alpha value is -3.02. The van der Waals surface area contributed by atoms with E-state index in [9.17, 15) is 9.59 Å². The molecule has 0 radical (unpaired) electrons. The van der Waals surface area contributed by atoms with Crippen molar-refractivity contribution in [3.8, 4) is 5.75 Å². The molecule has 0 saturated carbocycles. The van der Waals surface area contributed by atoms with Gasteiger partial charge in [-0.1, -0.05) is 30.3 Å². The fourth-order valence-electron chi connectivity index (χ4n) is 2.03. The Kier molecular flexibility index (Phi) is 6.64. The highest BCUT2D eigenvalue weighted by molar-refractivity contribution is 5.94. The fourth-order valence-corrected chi connectivity index (χ4v) is 2.03. The van der Waals surface area contributed by atoms with E-state index in [4.69, 9.17) is 9.84 Å². The van der Waals surface area contributed by atoms with Gasteiger partial charge in [-0.05, 0) is 36.2 Å². The summed E-state index contributed by atoms with van der Waals surface area (Å²) in [5.74, 6) is 0.501. The molecule has 6 nitrogen and oxygen atoms in total. The summed E-state index contributed by atoms with van der Waals surface area (Å²) in [5.41, 5.74) is 1.61. The normalized spacial score (nSPS) is 10.0. The van der Waals surface area contributed by atoms with Gasteiger partial charge >= 0.3 is 6.09 Å². The summed E-state index contributed by atoms with van der Waals surface area (Å²) in [6.07, 6.45) is -0.525. The first kappa shape index (κ1) is 17.3. The molecule has 3 N–H and O–H groups in total. The zero-order valence-electron chi connectivity index (χ0n) is 13.2. The number of rotatable bonds is 8. The van der Waals surface area contributed by atoms with Crippen molar-refractivity contribution < 1.29 is 19.4 Å². The molecule has 2 amide bonds. The minimum Gasteiger partial charge on any atom is -0.489 e. The summed E-state index contributed by atoms with van der Waals surface area (Å²) in [4.78, 5) is 22.2. The van der Waals surface area contributed by atoms with Gasteiger partial charge in [0.2, 0.25) is 0 Å². The second kappa shape index (κ2) is 9.19. The highest BCUT2D eigenvalue weighted by Gasteiger charge is 2.05. The van der Waals surface area contributed by atoms with Crippen molar-refractivity contribution >= 4 is 12.0 Å². The summed E-state index contributed by atoms with van der Waals surface area (Å²) in [6.45, 7) is 1.19. The van der Waals surface area contributed by atoms with Gasteiger partial charge in [-0.2, -0.15) is 0 Å². The lowest BCUT2D eigenvalue weighted by Gasteiger charge is -2.08. The van der Waals surface area contributed by atoms with Crippen LogP contribution in [0, 0.1) is 0 Å². The second-order valence-electron chi connectivity index (χ2n) is 5.14. The Labute approximate surface area is 140 Å². The van der Waals surface area contributed by atoms with E-state index in [-0.39, 0.29) is 5.91 Å². The summed E-state index contributed by atoms with van der Waals surface area (Å²) in [5, 5.41) is 13.4. The summed E-state index contributed by atoms with van der Waals surface area (Å²) in [7, 11) is 0. The summed E-state index contributed by atoms with van der Waals surface area (Å²) < 4.78 is 5.67. The molecule has 2 aromatic carbocycles. The molecule has 0 bridgehead atoms. The van der Waals surface area contributed by atoms with E-state index in [0.717, 1.165) is 5.56 Å². The van der Waals surface area contributed by atoms with E-state index in [1.807, 2.05) is 30.3 Å². The number of hydrogen-bond acceptors (Lipinski definition) is 3. The lowest BCUT2D eigenvalue weighted by molar-refractivity contribution is 0.0953. The highest BCUT2D eigenvalue weighted by atomic mass is 16.5. The monoisotopic (exact) mass is 328 g/mol. The molecule has 0 heterocycles. The van der Waals surface area contributed by atoms with Crippen LogP contribution >= 0.6 is 0 Å². The minimum atomic E-state index is -1.06. The van der Waals surface area contributed by atoms with Crippen molar-refractivity contribution in [2.75, 3.05) is 13.1 Å². The SMILES string of the molecule is O=C(O)NCCCNC(=O)c1ccc(OCc2ccccc2)cc1. The smallest absolute Gasteiger partial charge is 0.404 e. The van der Waals surface area contributed by atoms with Gasteiger partial charge in [-0.3, -0.25) is 4.79 Å². The average molecular weight is 328 g/mol. The van der Waals surface area contributed by atoms with E-state index in [0.29, 0.717) is 37.4 Å². The van der Waals surface area contributed by atoms with Crippen LogP contribution in [-0.4, -0.2) is 30.2 Å². The molecule has 126 valence electrons. The Morgan fingerprint density at radius 2 is 1.58 bits per heavy atom. The maximum absolute atomic E-state index is 11.9. The van der Waals surface area contributed by atoms with E-state index in [1.54, 1.807) is 24.3 Å². The molecule has 0 aliphatic rings. The Bertz CT molecular complexity index is 656. The Balaban J connectivity index is 1.74. The Morgan fingerprint density at radius 1 is 0.917 bits per heavy atom. The molecule has 0 aliphatic heterocycles. The van der Waals surface area contributed by atoms with Gasteiger partial charge in [0.1, 0.15) is 12.4 Å². The lowest BCUT2D eigenvalue weighted by atomic mass is 10.2. The van der Waals surface area contributed by atoms with Crippen molar-refractivity contribution in [2.45, 2.75) is 13.0 Å². The number of carbonyl (C=O) groups excluding carboxylic acids is 1. The van der Waals surface area contributed by atoms with Gasteiger partial charge < -0.3 is 20.5 Å². The quantitative estimate of drug-likeness (QED) is 0.650. The Morgan fingerprint density at radius 3 is 2.25 bits per heavy atom. The second-order valence-corrected chi connectivity index (χ2v) is 5.14. The van der Waals surface area contributed by atoms with Crippen LogP contribution in [0.3, 0.4) is 0 Å². The van der Waals surface area contributed by atoms with Crippen LogP contribution in [0.4, 0.5) is 4.79 Å². The van der Waals surface area contributed by atoms with E-state index >= 15 is 0 Å². The molecule has 2 rings (SSSR count). The van der Waals surface area contributed by atoms with Crippen LogP contribution in [0.25, 0.3) is 0 Å². The largest absolute Gasteiger partial charge is 0.489 e. The fraction of sp³-hybridized carbons (Fsp3) is 0.222. The number of hydrogen-bond donors (Lipinski definition) is 3. The van der Waals surface area contributed by atoms with Crippen molar-refractivity contribution in [2.24, 2.45) is 0 Å². The van der Waals surface area contributed by atoms with Crippen LogP contribution in [0.1, 0.15) is 22.3 Å². The average Bonchev–Trinajstić information content (AvgIpc) is 2.60. The van der Waals surface area contributed by atoms with Gasteiger partial charge in [0.15, 0.2) is 0 Å². The third-order valence-corrected chi connectivity index (χ3v) is 3.28. The number of benzene rings is 2. The maximum Gasteiger partial charge on any atom is 0.404 e. The van der Waals surface area contributed by atoms with Gasteiger partial charge in [-0.15, -0.1) is 0 Å². The predicted molar refractivity (Wildman–Crippen MR) is 90.2 cm³/mol. The number of amides is 2. The summed E-state index contributed by atoms with van der Waals surface area (Å²) in [6, 6.07) is 16.7. The van der Waals surface area contributed by atoms with Gasteiger partial charge in [0.05, 0.1) is 0 Å². The molecule has 0 fully saturated rings. The number of ether oxygens (including phenoxy) is 1. The van der Waals surface area contributed by atoms with Gasteiger partial charge in [0.25, 0.3) is 5.91 Å². The standard InChI is InChI=1S/C18H20N2O4/c21-17(19-11-4-12-20-18(22)23)15-7-9-16(10-8-15)24-13-14-5-2-1-3-6-14/h1-3,5-10,20H,4,11-13H2,(H,19,21)(H,22,23). The van der Waals surface area contributed by atoms with Gasteiger partial charge in [0, 0.05) is 18.7 Å². The zero-order chi connectivity index (χ0) is 17.2.